The molecule has 0 amide bonds. The highest BCUT2D eigenvalue weighted by Gasteiger charge is 2.52. The molecule has 8 heteroatoms. The second-order valence-electron chi connectivity index (χ2n) is 4.29. The molecule has 1 heterocycles. The highest BCUT2D eigenvalue weighted by atomic mass is 16.7. The van der Waals surface area contributed by atoms with Crippen LogP contribution in [-0.2, 0) is 9.53 Å². The summed E-state index contributed by atoms with van der Waals surface area (Å²) in [6.45, 7) is -0.356. The van der Waals surface area contributed by atoms with Crippen molar-refractivity contribution in [2.45, 2.75) is 36.9 Å². The molecule has 106 valence electrons. The molecule has 1 saturated heterocycles. The zero-order valence-electron chi connectivity index (χ0n) is 9.82. The van der Waals surface area contributed by atoms with Crippen LogP contribution in [0.2, 0.25) is 0 Å². The third-order valence-corrected chi connectivity index (χ3v) is 2.82. The minimum absolute atomic E-state index is 0.00324. The van der Waals surface area contributed by atoms with E-state index in [9.17, 15) is 20.1 Å². The third-order valence-electron chi connectivity index (χ3n) is 2.82. The van der Waals surface area contributed by atoms with Gasteiger partial charge in [0.2, 0.25) is 5.79 Å². The van der Waals surface area contributed by atoms with Crippen molar-refractivity contribution < 1.29 is 35.1 Å². The first kappa shape index (κ1) is 15.3. The largest absolute Gasteiger partial charge is 0.481 e. The Morgan fingerprint density at radius 1 is 1.39 bits per heavy atom. The Labute approximate surface area is 104 Å². The van der Waals surface area contributed by atoms with E-state index in [1.165, 1.54) is 0 Å². The van der Waals surface area contributed by atoms with Crippen molar-refractivity contribution in [2.75, 3.05) is 19.7 Å². The smallest absolute Gasteiger partial charge is 0.303 e. The van der Waals surface area contributed by atoms with E-state index in [1.807, 2.05) is 0 Å². The summed E-state index contributed by atoms with van der Waals surface area (Å²) in [7, 11) is 0. The van der Waals surface area contributed by atoms with Gasteiger partial charge in [0, 0.05) is 6.42 Å². The number of rotatable bonds is 7. The summed E-state index contributed by atoms with van der Waals surface area (Å²) in [4.78, 5) is 10.3. The summed E-state index contributed by atoms with van der Waals surface area (Å²) in [5.74, 6) is -2.89. The van der Waals surface area contributed by atoms with Crippen LogP contribution in [0.1, 0.15) is 12.8 Å². The molecule has 0 radical (unpaired) electrons. The van der Waals surface area contributed by atoms with Gasteiger partial charge in [0.1, 0.15) is 18.3 Å². The lowest BCUT2D eigenvalue weighted by atomic mass is 10.1. The number of hydrogen-bond acceptors (Lipinski definition) is 7. The van der Waals surface area contributed by atoms with Crippen molar-refractivity contribution in [2.24, 2.45) is 0 Å². The monoisotopic (exact) mass is 265 g/mol. The summed E-state index contributed by atoms with van der Waals surface area (Å²) >= 11 is 0. The van der Waals surface area contributed by atoms with Crippen LogP contribution in [-0.4, -0.2) is 75.3 Å². The van der Waals surface area contributed by atoms with Crippen molar-refractivity contribution in [1.29, 1.82) is 0 Å². The zero-order chi connectivity index (χ0) is 13.8. The SMILES string of the molecule is O=C(O)CCCNCC1(O)OC(CO)C(O)C1O. The van der Waals surface area contributed by atoms with E-state index in [0.717, 1.165) is 0 Å². The number of carboxylic acids is 1. The van der Waals surface area contributed by atoms with Crippen molar-refractivity contribution in [3.05, 3.63) is 0 Å². The standard InChI is InChI=1S/C10H19NO7/c12-4-6-8(15)9(16)10(17,18-6)5-11-3-1-2-7(13)14/h6,8-9,11-12,15-17H,1-5H2,(H,13,14). The molecule has 1 aliphatic rings. The molecule has 1 fully saturated rings. The summed E-state index contributed by atoms with van der Waals surface area (Å²) in [6, 6.07) is 0. The van der Waals surface area contributed by atoms with Crippen molar-refractivity contribution in [3.63, 3.8) is 0 Å². The van der Waals surface area contributed by atoms with Gasteiger partial charge >= 0.3 is 5.97 Å². The van der Waals surface area contributed by atoms with Crippen LogP contribution in [0.3, 0.4) is 0 Å². The van der Waals surface area contributed by atoms with E-state index in [4.69, 9.17) is 14.9 Å². The van der Waals surface area contributed by atoms with Gasteiger partial charge in [0.05, 0.1) is 13.2 Å². The summed E-state index contributed by atoms with van der Waals surface area (Å²) < 4.78 is 4.98. The Morgan fingerprint density at radius 3 is 2.56 bits per heavy atom. The maximum atomic E-state index is 10.3. The molecular formula is C10H19NO7. The molecule has 0 bridgehead atoms. The minimum atomic E-state index is -1.98. The first-order chi connectivity index (χ1) is 8.40. The van der Waals surface area contributed by atoms with Crippen LogP contribution < -0.4 is 5.32 Å². The van der Waals surface area contributed by atoms with E-state index in [1.54, 1.807) is 0 Å². The number of ether oxygens (including phenoxy) is 1. The van der Waals surface area contributed by atoms with Crippen molar-refractivity contribution >= 4 is 5.97 Å². The molecular weight excluding hydrogens is 246 g/mol. The lowest BCUT2D eigenvalue weighted by Crippen LogP contribution is -2.50. The predicted molar refractivity (Wildman–Crippen MR) is 58.7 cm³/mol. The fraction of sp³-hybridized carbons (Fsp3) is 0.900. The lowest BCUT2D eigenvalue weighted by molar-refractivity contribution is -0.226. The Hall–Kier alpha value is -0.770. The van der Waals surface area contributed by atoms with Crippen LogP contribution >= 0.6 is 0 Å². The van der Waals surface area contributed by atoms with Gasteiger partial charge in [-0.05, 0) is 13.0 Å². The lowest BCUT2D eigenvalue weighted by Gasteiger charge is -2.26. The molecule has 4 unspecified atom stereocenters. The van der Waals surface area contributed by atoms with Crippen molar-refractivity contribution in [3.8, 4) is 0 Å². The number of aliphatic carboxylic acids is 1. The summed E-state index contributed by atoms with van der Waals surface area (Å²) in [6.07, 6.45) is -3.56. The van der Waals surface area contributed by atoms with Gasteiger partial charge in [0.25, 0.3) is 0 Å². The Bertz CT molecular complexity index is 287. The number of carbonyl (C=O) groups is 1. The molecule has 1 rings (SSSR count). The van der Waals surface area contributed by atoms with Gasteiger partial charge in [-0.25, -0.2) is 0 Å². The van der Waals surface area contributed by atoms with E-state index >= 15 is 0 Å². The van der Waals surface area contributed by atoms with Crippen molar-refractivity contribution in [1.82, 2.24) is 5.32 Å². The maximum Gasteiger partial charge on any atom is 0.303 e. The Morgan fingerprint density at radius 2 is 2.06 bits per heavy atom. The molecule has 0 saturated carbocycles. The van der Waals surface area contributed by atoms with Gasteiger partial charge in [-0.3, -0.25) is 4.79 Å². The summed E-state index contributed by atoms with van der Waals surface area (Å²) in [5, 5.41) is 49.0. The van der Waals surface area contributed by atoms with Gasteiger partial charge < -0.3 is 35.6 Å². The number of hydrogen-bond donors (Lipinski definition) is 6. The highest BCUT2D eigenvalue weighted by Crippen LogP contribution is 2.28. The quantitative estimate of drug-likeness (QED) is 0.272. The van der Waals surface area contributed by atoms with E-state index < -0.39 is 36.7 Å². The molecule has 4 atom stereocenters. The van der Waals surface area contributed by atoms with Crippen LogP contribution in [0.15, 0.2) is 0 Å². The van der Waals surface area contributed by atoms with Crippen LogP contribution in [0.25, 0.3) is 0 Å². The first-order valence-electron chi connectivity index (χ1n) is 5.70. The first-order valence-corrected chi connectivity index (χ1v) is 5.70. The average Bonchev–Trinajstić information content (AvgIpc) is 2.53. The molecule has 8 nitrogen and oxygen atoms in total. The Kier molecular flexibility index (Phi) is 5.45. The molecule has 6 N–H and O–H groups in total. The van der Waals surface area contributed by atoms with Gasteiger partial charge in [-0.1, -0.05) is 0 Å². The maximum absolute atomic E-state index is 10.3. The Balaban J connectivity index is 2.34. The predicted octanol–water partition coefficient (Wildman–Crippen LogP) is -2.76. The third kappa shape index (κ3) is 3.61. The second-order valence-corrected chi connectivity index (χ2v) is 4.29. The van der Waals surface area contributed by atoms with E-state index in [-0.39, 0.29) is 13.0 Å². The highest BCUT2D eigenvalue weighted by molar-refractivity contribution is 5.66. The van der Waals surface area contributed by atoms with Gasteiger partial charge in [0.15, 0.2) is 0 Å². The average molecular weight is 265 g/mol. The fourth-order valence-electron chi connectivity index (χ4n) is 1.80. The number of carboxylic acid groups (broad SMARTS) is 1. The summed E-state index contributed by atoms with van der Waals surface area (Å²) in [5.41, 5.74) is 0. The van der Waals surface area contributed by atoms with Crippen LogP contribution in [0.4, 0.5) is 0 Å². The molecule has 1 aliphatic heterocycles. The minimum Gasteiger partial charge on any atom is -0.481 e. The van der Waals surface area contributed by atoms with E-state index in [2.05, 4.69) is 5.32 Å². The molecule has 0 aliphatic carbocycles. The van der Waals surface area contributed by atoms with Gasteiger partial charge in [-0.2, -0.15) is 0 Å². The second kappa shape index (κ2) is 6.41. The molecule has 0 spiro atoms. The van der Waals surface area contributed by atoms with E-state index in [0.29, 0.717) is 13.0 Å². The van der Waals surface area contributed by atoms with Crippen LogP contribution in [0, 0.1) is 0 Å². The topological polar surface area (TPSA) is 139 Å². The zero-order valence-corrected chi connectivity index (χ0v) is 9.82. The van der Waals surface area contributed by atoms with Gasteiger partial charge in [-0.15, -0.1) is 0 Å². The van der Waals surface area contributed by atoms with Crippen LogP contribution in [0.5, 0.6) is 0 Å². The molecule has 18 heavy (non-hydrogen) atoms. The number of aliphatic hydroxyl groups is 4. The molecule has 0 aromatic heterocycles. The molecule has 0 aromatic carbocycles. The number of nitrogens with one attached hydrogen (secondary N) is 1. The number of aliphatic hydroxyl groups excluding tert-OH is 3. The normalized spacial score (nSPS) is 35.9. The molecule has 0 aromatic rings. The fourth-order valence-corrected chi connectivity index (χ4v) is 1.80.